The minimum absolute atomic E-state index is 0.106. The zero-order chi connectivity index (χ0) is 14.3. The van der Waals surface area contributed by atoms with Gasteiger partial charge in [-0.05, 0) is 42.3 Å². The first-order valence-electron chi connectivity index (χ1n) is 6.52. The van der Waals surface area contributed by atoms with E-state index in [4.69, 9.17) is 10.5 Å². The second-order valence-corrected chi connectivity index (χ2v) is 6.06. The van der Waals surface area contributed by atoms with Crippen LogP contribution in [0.4, 0.5) is 4.39 Å². The summed E-state index contributed by atoms with van der Waals surface area (Å²) in [6.45, 7) is 1.75. The van der Waals surface area contributed by atoms with Crippen molar-refractivity contribution in [3.63, 3.8) is 0 Å². The molecule has 1 aliphatic heterocycles. The molecule has 2 atom stereocenters. The minimum Gasteiger partial charge on any atom is -0.485 e. The smallest absolute Gasteiger partial charge is 0.126 e. The lowest BCUT2D eigenvalue weighted by molar-refractivity contribution is 0.161. The Bertz CT molecular complexity index is 659. The molecule has 0 saturated heterocycles. The lowest BCUT2D eigenvalue weighted by Gasteiger charge is -2.30. The quantitative estimate of drug-likeness (QED) is 0.837. The molecule has 1 aliphatic rings. The van der Waals surface area contributed by atoms with Crippen LogP contribution in [0.3, 0.4) is 0 Å². The number of nitrogens with two attached hydrogens (primary N) is 1. The van der Waals surface area contributed by atoms with Crippen molar-refractivity contribution in [3.8, 4) is 5.75 Å². The molecule has 0 saturated carbocycles. The predicted molar refractivity (Wildman–Crippen MR) is 80.2 cm³/mol. The first kappa shape index (κ1) is 13.6. The van der Waals surface area contributed by atoms with E-state index >= 15 is 0 Å². The summed E-state index contributed by atoms with van der Waals surface area (Å²) in [5.74, 6) is 0.569. The molecule has 1 unspecified atom stereocenters. The molecule has 0 amide bonds. The highest BCUT2D eigenvalue weighted by Gasteiger charge is 2.27. The van der Waals surface area contributed by atoms with E-state index in [2.05, 4.69) is 15.9 Å². The molecule has 2 aromatic carbocycles. The fraction of sp³-hybridized carbons (Fsp3) is 0.250. The Morgan fingerprint density at radius 2 is 2.05 bits per heavy atom. The molecule has 0 radical (unpaired) electrons. The summed E-state index contributed by atoms with van der Waals surface area (Å²) in [4.78, 5) is 0. The van der Waals surface area contributed by atoms with Crippen LogP contribution in [0.2, 0.25) is 0 Å². The highest BCUT2D eigenvalue weighted by Crippen LogP contribution is 2.40. The molecule has 0 aliphatic carbocycles. The van der Waals surface area contributed by atoms with E-state index < -0.39 is 0 Å². The Morgan fingerprint density at radius 3 is 2.80 bits per heavy atom. The van der Waals surface area contributed by atoms with Gasteiger partial charge in [0.25, 0.3) is 0 Å². The van der Waals surface area contributed by atoms with Crippen molar-refractivity contribution in [1.29, 1.82) is 0 Å². The van der Waals surface area contributed by atoms with Crippen LogP contribution < -0.4 is 10.5 Å². The number of hydrogen-bond donors (Lipinski definition) is 1. The van der Waals surface area contributed by atoms with Crippen LogP contribution in [0, 0.1) is 12.7 Å². The van der Waals surface area contributed by atoms with Crippen LogP contribution in [-0.2, 0) is 0 Å². The summed E-state index contributed by atoms with van der Waals surface area (Å²) in [6, 6.07) is 10.9. The number of fused-ring (bicyclic) bond motifs is 1. The van der Waals surface area contributed by atoms with E-state index in [0.717, 1.165) is 21.3 Å². The fourth-order valence-corrected chi connectivity index (χ4v) is 2.87. The molecule has 20 heavy (non-hydrogen) atoms. The molecule has 0 aromatic heterocycles. The third-order valence-corrected chi connectivity index (χ3v) is 4.17. The van der Waals surface area contributed by atoms with Gasteiger partial charge >= 0.3 is 0 Å². The number of benzene rings is 2. The van der Waals surface area contributed by atoms with E-state index in [1.54, 1.807) is 13.0 Å². The molecule has 104 valence electrons. The van der Waals surface area contributed by atoms with Crippen LogP contribution in [0.15, 0.2) is 40.9 Å². The number of rotatable bonds is 1. The van der Waals surface area contributed by atoms with Gasteiger partial charge in [0.1, 0.15) is 17.7 Å². The molecule has 1 heterocycles. The summed E-state index contributed by atoms with van der Waals surface area (Å²) in [5, 5.41) is 0. The molecule has 4 heteroatoms. The lowest BCUT2D eigenvalue weighted by Crippen LogP contribution is -2.24. The number of hydrogen-bond acceptors (Lipinski definition) is 2. The molecule has 3 rings (SSSR count). The van der Waals surface area contributed by atoms with Crippen molar-refractivity contribution in [1.82, 2.24) is 0 Å². The van der Waals surface area contributed by atoms with Crippen LogP contribution in [0.5, 0.6) is 5.75 Å². The van der Waals surface area contributed by atoms with Crippen molar-refractivity contribution in [2.75, 3.05) is 0 Å². The molecule has 2 aromatic rings. The molecular formula is C16H15BrFNO. The van der Waals surface area contributed by atoms with E-state index in [-0.39, 0.29) is 18.0 Å². The van der Waals surface area contributed by atoms with Gasteiger partial charge in [-0.1, -0.05) is 28.1 Å². The van der Waals surface area contributed by atoms with Crippen LogP contribution in [0.1, 0.15) is 35.3 Å². The van der Waals surface area contributed by atoms with Gasteiger partial charge in [-0.25, -0.2) is 4.39 Å². The molecule has 2 nitrogen and oxygen atoms in total. The Labute approximate surface area is 125 Å². The van der Waals surface area contributed by atoms with Gasteiger partial charge in [-0.2, -0.15) is 0 Å². The Balaban J connectivity index is 1.94. The maximum Gasteiger partial charge on any atom is 0.126 e. The minimum atomic E-state index is -0.207. The van der Waals surface area contributed by atoms with E-state index in [9.17, 15) is 4.39 Å². The molecular weight excluding hydrogens is 321 g/mol. The maximum absolute atomic E-state index is 13.7. The van der Waals surface area contributed by atoms with Crippen molar-refractivity contribution in [3.05, 3.63) is 63.4 Å². The summed E-state index contributed by atoms with van der Waals surface area (Å²) >= 11 is 3.43. The summed E-state index contributed by atoms with van der Waals surface area (Å²) < 4.78 is 20.6. The summed E-state index contributed by atoms with van der Waals surface area (Å²) in [7, 11) is 0. The lowest BCUT2D eigenvalue weighted by atomic mass is 9.93. The monoisotopic (exact) mass is 335 g/mol. The molecule has 2 N–H and O–H groups in total. The van der Waals surface area contributed by atoms with Gasteiger partial charge in [-0.15, -0.1) is 0 Å². The van der Waals surface area contributed by atoms with E-state index in [0.29, 0.717) is 12.0 Å². The largest absolute Gasteiger partial charge is 0.485 e. The van der Waals surface area contributed by atoms with Crippen LogP contribution >= 0.6 is 15.9 Å². The molecule has 0 bridgehead atoms. The van der Waals surface area contributed by atoms with Crippen molar-refractivity contribution >= 4 is 15.9 Å². The van der Waals surface area contributed by atoms with Gasteiger partial charge < -0.3 is 10.5 Å². The van der Waals surface area contributed by atoms with Crippen molar-refractivity contribution in [2.24, 2.45) is 5.73 Å². The Kier molecular flexibility index (Phi) is 3.52. The van der Waals surface area contributed by atoms with Crippen LogP contribution in [0.25, 0.3) is 0 Å². The van der Waals surface area contributed by atoms with Crippen molar-refractivity contribution in [2.45, 2.75) is 25.5 Å². The van der Waals surface area contributed by atoms with Crippen molar-refractivity contribution < 1.29 is 9.13 Å². The first-order chi connectivity index (χ1) is 9.54. The van der Waals surface area contributed by atoms with E-state index in [1.807, 2.05) is 24.3 Å². The molecule has 0 spiro atoms. The SMILES string of the molecule is Cc1ccc(C2C[C@@H](N)c3cc(Br)ccc3O2)cc1F. The normalized spacial score (nSPS) is 21.2. The van der Waals surface area contributed by atoms with Gasteiger partial charge in [0, 0.05) is 22.5 Å². The highest BCUT2D eigenvalue weighted by atomic mass is 79.9. The Hall–Kier alpha value is -1.39. The maximum atomic E-state index is 13.7. The standard InChI is InChI=1S/C16H15BrFNO/c1-9-2-3-10(6-13(9)18)16-8-14(19)12-7-11(17)4-5-15(12)20-16/h2-7,14,16H,8,19H2,1H3/t14-,16?/m1/s1. The Morgan fingerprint density at radius 1 is 1.25 bits per heavy atom. The fourth-order valence-electron chi connectivity index (χ4n) is 2.49. The van der Waals surface area contributed by atoms with Crippen LogP contribution in [-0.4, -0.2) is 0 Å². The average Bonchev–Trinajstić information content (AvgIpc) is 2.42. The molecule has 0 fully saturated rings. The average molecular weight is 336 g/mol. The second kappa shape index (κ2) is 5.19. The van der Waals surface area contributed by atoms with Gasteiger partial charge in [0.15, 0.2) is 0 Å². The topological polar surface area (TPSA) is 35.2 Å². The summed E-state index contributed by atoms with van der Waals surface area (Å²) in [5.41, 5.74) is 8.67. The van der Waals surface area contributed by atoms with Gasteiger partial charge in [0.2, 0.25) is 0 Å². The summed E-state index contributed by atoms with van der Waals surface area (Å²) in [6.07, 6.45) is 0.445. The van der Waals surface area contributed by atoms with Gasteiger partial charge in [0.05, 0.1) is 0 Å². The zero-order valence-electron chi connectivity index (χ0n) is 11.1. The number of ether oxygens (including phenoxy) is 1. The third kappa shape index (κ3) is 2.45. The predicted octanol–water partition coefficient (Wildman–Crippen LogP) is 4.42. The number of halogens is 2. The second-order valence-electron chi connectivity index (χ2n) is 5.14. The van der Waals surface area contributed by atoms with E-state index in [1.165, 1.54) is 6.07 Å². The third-order valence-electron chi connectivity index (χ3n) is 3.68. The highest BCUT2D eigenvalue weighted by molar-refractivity contribution is 9.10. The first-order valence-corrected chi connectivity index (χ1v) is 7.31. The zero-order valence-corrected chi connectivity index (χ0v) is 12.7. The van der Waals surface area contributed by atoms with Gasteiger partial charge in [-0.3, -0.25) is 0 Å². The number of aryl methyl sites for hydroxylation is 1.